The smallest absolute Gasteiger partial charge is 0.335 e. The summed E-state index contributed by atoms with van der Waals surface area (Å²) in [7, 11) is 0. The van der Waals surface area contributed by atoms with Crippen LogP contribution in [0.5, 0.6) is 0 Å². The zero-order valence-electron chi connectivity index (χ0n) is 8.47. The molecule has 0 aromatic heterocycles. The molecule has 0 saturated carbocycles. The highest BCUT2D eigenvalue weighted by molar-refractivity contribution is 5.93. The fourth-order valence-corrected chi connectivity index (χ4v) is 1.99. The van der Waals surface area contributed by atoms with Gasteiger partial charge in [-0.3, -0.25) is 0 Å². The summed E-state index contributed by atoms with van der Waals surface area (Å²) in [6.07, 6.45) is 6.03. The van der Waals surface area contributed by atoms with Crippen LogP contribution in [0.15, 0.2) is 42.2 Å². The van der Waals surface area contributed by atoms with Crippen LogP contribution in [0, 0.1) is 0 Å². The van der Waals surface area contributed by atoms with Crippen molar-refractivity contribution in [1.82, 2.24) is 0 Å². The Balaban J connectivity index is 2.07. The molecule has 0 radical (unpaired) electrons. The normalized spacial score (nSPS) is 16.2. The van der Waals surface area contributed by atoms with Crippen LogP contribution in [0.1, 0.15) is 10.4 Å². The van der Waals surface area contributed by atoms with Gasteiger partial charge in [-0.2, -0.15) is 0 Å². The molecule has 1 aromatic carbocycles. The number of nitrogens with zero attached hydrogens (tertiary/aromatic N) is 1. The number of anilines is 2. The van der Waals surface area contributed by atoms with Crippen LogP contribution in [0.2, 0.25) is 0 Å². The van der Waals surface area contributed by atoms with Crippen LogP contribution in [0.3, 0.4) is 0 Å². The fraction of sp³-hybridized carbons (Fsp3) is 0.0833. The SMILES string of the molecule is O=C(O)c1ccc2c(c1)NC1=CC=CCN12. The van der Waals surface area contributed by atoms with Crippen molar-refractivity contribution in [3.63, 3.8) is 0 Å². The summed E-state index contributed by atoms with van der Waals surface area (Å²) in [5.74, 6) is 0.0987. The number of carbonyl (C=O) groups is 1. The van der Waals surface area contributed by atoms with Gasteiger partial charge in [0.1, 0.15) is 5.82 Å². The van der Waals surface area contributed by atoms with E-state index in [2.05, 4.69) is 16.3 Å². The van der Waals surface area contributed by atoms with E-state index in [1.165, 1.54) is 0 Å². The van der Waals surface area contributed by atoms with Crippen LogP contribution in [-0.4, -0.2) is 17.6 Å². The monoisotopic (exact) mass is 214 g/mol. The Morgan fingerprint density at radius 2 is 2.31 bits per heavy atom. The first-order chi connectivity index (χ1) is 7.75. The maximum Gasteiger partial charge on any atom is 0.335 e. The van der Waals surface area contributed by atoms with Crippen molar-refractivity contribution in [1.29, 1.82) is 0 Å². The highest BCUT2D eigenvalue weighted by Gasteiger charge is 2.24. The predicted molar refractivity (Wildman–Crippen MR) is 61.6 cm³/mol. The van der Waals surface area contributed by atoms with Gasteiger partial charge < -0.3 is 15.3 Å². The Morgan fingerprint density at radius 3 is 3.12 bits per heavy atom. The molecule has 2 heterocycles. The van der Waals surface area contributed by atoms with Crippen LogP contribution < -0.4 is 10.2 Å². The molecular weight excluding hydrogens is 204 g/mol. The third-order valence-electron chi connectivity index (χ3n) is 2.77. The van der Waals surface area contributed by atoms with Crippen molar-refractivity contribution >= 4 is 17.3 Å². The zero-order valence-corrected chi connectivity index (χ0v) is 8.47. The molecule has 0 unspecified atom stereocenters. The Morgan fingerprint density at radius 1 is 1.44 bits per heavy atom. The fourth-order valence-electron chi connectivity index (χ4n) is 1.99. The topological polar surface area (TPSA) is 52.6 Å². The predicted octanol–water partition coefficient (Wildman–Crippen LogP) is 2.03. The highest BCUT2D eigenvalue weighted by Crippen LogP contribution is 2.37. The number of benzene rings is 1. The van der Waals surface area contributed by atoms with Crippen molar-refractivity contribution in [3.8, 4) is 0 Å². The van der Waals surface area contributed by atoms with E-state index in [1.54, 1.807) is 12.1 Å². The number of allylic oxidation sites excluding steroid dienone is 2. The summed E-state index contributed by atoms with van der Waals surface area (Å²) in [5, 5.41) is 12.1. The van der Waals surface area contributed by atoms with Crippen molar-refractivity contribution in [2.75, 3.05) is 16.8 Å². The molecule has 0 fully saturated rings. The van der Waals surface area contributed by atoms with E-state index in [0.717, 1.165) is 23.7 Å². The summed E-state index contributed by atoms with van der Waals surface area (Å²) in [6, 6.07) is 5.13. The van der Waals surface area contributed by atoms with E-state index < -0.39 is 5.97 Å². The summed E-state index contributed by atoms with van der Waals surface area (Å²) in [6.45, 7) is 0.818. The van der Waals surface area contributed by atoms with Gasteiger partial charge in [-0.1, -0.05) is 12.2 Å². The second-order valence-corrected chi connectivity index (χ2v) is 3.75. The van der Waals surface area contributed by atoms with E-state index in [0.29, 0.717) is 5.56 Å². The summed E-state index contributed by atoms with van der Waals surface area (Å²) >= 11 is 0. The van der Waals surface area contributed by atoms with Crippen molar-refractivity contribution < 1.29 is 9.90 Å². The number of nitrogens with one attached hydrogen (secondary N) is 1. The van der Waals surface area contributed by atoms with E-state index in [9.17, 15) is 4.79 Å². The van der Waals surface area contributed by atoms with Gasteiger partial charge in [0.15, 0.2) is 0 Å². The standard InChI is InChI=1S/C12H10N2O2/c15-12(16)8-4-5-10-9(7-8)13-11-3-1-2-6-14(10)11/h1-5,7,13H,6H2,(H,15,16). The van der Waals surface area contributed by atoms with Crippen molar-refractivity contribution in [2.24, 2.45) is 0 Å². The second-order valence-electron chi connectivity index (χ2n) is 3.75. The van der Waals surface area contributed by atoms with Gasteiger partial charge in [0.2, 0.25) is 0 Å². The minimum absolute atomic E-state index is 0.305. The van der Waals surface area contributed by atoms with Gasteiger partial charge in [0, 0.05) is 6.54 Å². The Labute approximate surface area is 92.5 Å². The van der Waals surface area contributed by atoms with Gasteiger partial charge >= 0.3 is 5.97 Å². The molecule has 0 amide bonds. The van der Waals surface area contributed by atoms with Crippen molar-refractivity contribution in [2.45, 2.75) is 0 Å². The van der Waals surface area contributed by atoms with Gasteiger partial charge in [-0.15, -0.1) is 0 Å². The molecule has 3 rings (SSSR count). The van der Waals surface area contributed by atoms with Gasteiger partial charge in [0.25, 0.3) is 0 Å². The number of hydrogen-bond donors (Lipinski definition) is 2. The number of carboxylic acid groups (broad SMARTS) is 1. The molecule has 0 bridgehead atoms. The molecule has 80 valence electrons. The lowest BCUT2D eigenvalue weighted by Gasteiger charge is -2.20. The van der Waals surface area contributed by atoms with Crippen LogP contribution >= 0.6 is 0 Å². The maximum absolute atomic E-state index is 10.8. The summed E-state index contributed by atoms with van der Waals surface area (Å²) in [4.78, 5) is 13.0. The summed E-state index contributed by atoms with van der Waals surface area (Å²) in [5.41, 5.74) is 2.19. The number of fused-ring (bicyclic) bond motifs is 3. The number of carboxylic acids is 1. The van der Waals surface area contributed by atoms with Crippen LogP contribution in [0.25, 0.3) is 0 Å². The first-order valence-electron chi connectivity index (χ1n) is 5.04. The summed E-state index contributed by atoms with van der Waals surface area (Å²) < 4.78 is 0. The molecule has 4 nitrogen and oxygen atoms in total. The lowest BCUT2D eigenvalue weighted by molar-refractivity contribution is 0.0697. The first kappa shape index (κ1) is 9.03. The Bertz CT molecular complexity index is 532. The van der Waals surface area contributed by atoms with E-state index in [-0.39, 0.29) is 0 Å². The quantitative estimate of drug-likeness (QED) is 0.751. The third-order valence-corrected chi connectivity index (χ3v) is 2.77. The molecule has 0 spiro atoms. The lowest BCUT2D eigenvalue weighted by Crippen LogP contribution is -2.22. The van der Waals surface area contributed by atoms with Crippen LogP contribution in [-0.2, 0) is 0 Å². The number of hydrogen-bond acceptors (Lipinski definition) is 3. The molecular formula is C12H10N2O2. The largest absolute Gasteiger partial charge is 0.478 e. The van der Waals surface area contributed by atoms with Crippen molar-refractivity contribution in [3.05, 3.63) is 47.8 Å². The second kappa shape index (κ2) is 3.13. The van der Waals surface area contributed by atoms with Gasteiger partial charge in [0.05, 0.1) is 16.9 Å². The Kier molecular flexibility index (Phi) is 1.77. The molecule has 2 N–H and O–H groups in total. The average molecular weight is 214 g/mol. The third kappa shape index (κ3) is 1.20. The maximum atomic E-state index is 10.8. The lowest BCUT2D eigenvalue weighted by atomic mass is 10.1. The minimum atomic E-state index is -0.901. The molecule has 16 heavy (non-hydrogen) atoms. The molecule has 0 saturated heterocycles. The molecule has 4 heteroatoms. The Hall–Kier alpha value is -2.23. The minimum Gasteiger partial charge on any atom is -0.478 e. The zero-order chi connectivity index (χ0) is 11.1. The van der Waals surface area contributed by atoms with E-state index in [1.807, 2.05) is 18.2 Å². The first-order valence-corrected chi connectivity index (χ1v) is 5.04. The van der Waals surface area contributed by atoms with Gasteiger partial charge in [-0.25, -0.2) is 4.79 Å². The van der Waals surface area contributed by atoms with E-state index in [4.69, 9.17) is 5.11 Å². The number of rotatable bonds is 1. The molecule has 1 aromatic rings. The molecule has 0 aliphatic carbocycles. The molecule has 2 aliphatic rings. The number of aromatic carboxylic acids is 1. The van der Waals surface area contributed by atoms with Gasteiger partial charge in [-0.05, 0) is 24.3 Å². The van der Waals surface area contributed by atoms with E-state index >= 15 is 0 Å². The highest BCUT2D eigenvalue weighted by atomic mass is 16.4. The average Bonchev–Trinajstić information content (AvgIpc) is 2.66. The molecule has 0 atom stereocenters. The van der Waals surface area contributed by atoms with Crippen LogP contribution in [0.4, 0.5) is 11.4 Å². The molecule has 2 aliphatic heterocycles.